The normalized spacial score (nSPS) is 30.9. The maximum atomic E-state index is 10.6. The van der Waals surface area contributed by atoms with Crippen LogP contribution in [0.5, 0.6) is 0 Å². The summed E-state index contributed by atoms with van der Waals surface area (Å²) in [6.07, 6.45) is 2.98. The molecule has 0 aliphatic heterocycles. The van der Waals surface area contributed by atoms with Crippen molar-refractivity contribution in [3.05, 3.63) is 35.9 Å². The Labute approximate surface area is 91.5 Å². The number of benzene rings is 1. The van der Waals surface area contributed by atoms with E-state index in [9.17, 15) is 4.79 Å². The van der Waals surface area contributed by atoms with Crippen molar-refractivity contribution in [2.24, 2.45) is 11.3 Å². The summed E-state index contributed by atoms with van der Waals surface area (Å²) in [5.41, 5.74) is 1.67. The van der Waals surface area contributed by atoms with Crippen molar-refractivity contribution in [2.75, 3.05) is 0 Å². The summed E-state index contributed by atoms with van der Waals surface area (Å²) >= 11 is 0. The molecule has 3 unspecified atom stereocenters. The summed E-state index contributed by atoms with van der Waals surface area (Å²) in [5, 5.41) is 0. The molecule has 0 N–H and O–H groups in total. The number of aldehydes is 1. The third kappa shape index (κ3) is 1.97. The van der Waals surface area contributed by atoms with E-state index in [0.29, 0.717) is 11.8 Å². The van der Waals surface area contributed by atoms with Gasteiger partial charge in [-0.15, -0.1) is 0 Å². The predicted molar refractivity (Wildman–Crippen MR) is 61.8 cm³/mol. The minimum absolute atomic E-state index is 0.275. The highest BCUT2D eigenvalue weighted by molar-refractivity contribution is 5.52. The van der Waals surface area contributed by atoms with Crippen LogP contribution in [-0.4, -0.2) is 6.29 Å². The highest BCUT2D eigenvalue weighted by Gasteiger charge is 2.51. The van der Waals surface area contributed by atoms with Crippen LogP contribution in [0.1, 0.15) is 38.2 Å². The van der Waals surface area contributed by atoms with Gasteiger partial charge in [-0.1, -0.05) is 44.2 Å². The molecule has 80 valence electrons. The largest absolute Gasteiger partial charge is 0.303 e. The molecule has 0 heterocycles. The zero-order valence-corrected chi connectivity index (χ0v) is 9.44. The Morgan fingerprint density at radius 2 is 2.13 bits per heavy atom. The number of hydrogen-bond acceptors (Lipinski definition) is 1. The van der Waals surface area contributed by atoms with E-state index < -0.39 is 0 Å². The van der Waals surface area contributed by atoms with Crippen LogP contribution in [0.2, 0.25) is 0 Å². The quantitative estimate of drug-likeness (QED) is 0.684. The first-order chi connectivity index (χ1) is 7.17. The molecule has 0 saturated heterocycles. The van der Waals surface area contributed by atoms with Gasteiger partial charge < -0.3 is 4.79 Å². The van der Waals surface area contributed by atoms with Crippen molar-refractivity contribution in [1.82, 2.24) is 0 Å². The molecule has 1 aromatic carbocycles. The lowest BCUT2D eigenvalue weighted by Crippen LogP contribution is -2.05. The lowest BCUT2D eigenvalue weighted by Gasteiger charge is -2.14. The Bertz CT molecular complexity index is 344. The fourth-order valence-corrected chi connectivity index (χ4v) is 2.64. The molecular weight excluding hydrogens is 184 g/mol. The van der Waals surface area contributed by atoms with Gasteiger partial charge in [0.2, 0.25) is 0 Å². The Balaban J connectivity index is 2.06. The molecule has 0 spiro atoms. The summed E-state index contributed by atoms with van der Waals surface area (Å²) in [6, 6.07) is 10.6. The second-order valence-electron chi connectivity index (χ2n) is 5.03. The van der Waals surface area contributed by atoms with E-state index >= 15 is 0 Å². The van der Waals surface area contributed by atoms with Crippen LogP contribution < -0.4 is 0 Å². The van der Waals surface area contributed by atoms with Gasteiger partial charge in [-0.3, -0.25) is 0 Å². The minimum Gasteiger partial charge on any atom is -0.303 e. The van der Waals surface area contributed by atoms with E-state index in [1.54, 1.807) is 0 Å². The lowest BCUT2D eigenvalue weighted by molar-refractivity contribution is -0.108. The van der Waals surface area contributed by atoms with Gasteiger partial charge >= 0.3 is 0 Å². The Morgan fingerprint density at radius 1 is 1.47 bits per heavy atom. The van der Waals surface area contributed by atoms with Gasteiger partial charge in [0.05, 0.1) is 0 Å². The fraction of sp³-hybridized carbons (Fsp3) is 0.500. The molecule has 15 heavy (non-hydrogen) atoms. The van der Waals surface area contributed by atoms with Crippen LogP contribution in [0.15, 0.2) is 30.3 Å². The minimum atomic E-state index is 0.275. The molecule has 0 bridgehead atoms. The van der Waals surface area contributed by atoms with E-state index in [4.69, 9.17) is 0 Å². The molecule has 0 radical (unpaired) electrons. The molecule has 0 amide bonds. The van der Waals surface area contributed by atoms with Crippen LogP contribution in [-0.2, 0) is 4.79 Å². The van der Waals surface area contributed by atoms with Crippen LogP contribution in [0, 0.1) is 11.3 Å². The van der Waals surface area contributed by atoms with E-state index in [1.807, 2.05) is 6.07 Å². The summed E-state index contributed by atoms with van der Waals surface area (Å²) in [5.74, 6) is 1.27. The molecule has 2 rings (SSSR count). The van der Waals surface area contributed by atoms with Gasteiger partial charge in [0, 0.05) is 6.42 Å². The highest BCUT2D eigenvalue weighted by atomic mass is 16.1. The van der Waals surface area contributed by atoms with Gasteiger partial charge in [0.25, 0.3) is 0 Å². The fourth-order valence-electron chi connectivity index (χ4n) is 2.64. The second kappa shape index (κ2) is 3.80. The first kappa shape index (κ1) is 10.4. The van der Waals surface area contributed by atoms with Crippen molar-refractivity contribution in [3.8, 4) is 0 Å². The molecular formula is C14H18O. The predicted octanol–water partition coefficient (Wildman–Crippen LogP) is 3.41. The molecule has 1 fully saturated rings. The summed E-state index contributed by atoms with van der Waals surface area (Å²) in [4.78, 5) is 10.6. The van der Waals surface area contributed by atoms with Crippen molar-refractivity contribution < 1.29 is 4.79 Å². The summed E-state index contributed by atoms with van der Waals surface area (Å²) in [7, 11) is 0. The molecule has 1 saturated carbocycles. The van der Waals surface area contributed by atoms with Crippen LogP contribution >= 0.6 is 0 Å². The maximum absolute atomic E-state index is 10.6. The van der Waals surface area contributed by atoms with Crippen molar-refractivity contribution in [1.29, 1.82) is 0 Å². The van der Waals surface area contributed by atoms with E-state index in [2.05, 4.69) is 38.1 Å². The Morgan fingerprint density at radius 3 is 2.73 bits per heavy atom. The zero-order valence-electron chi connectivity index (χ0n) is 9.44. The van der Waals surface area contributed by atoms with E-state index in [-0.39, 0.29) is 5.41 Å². The van der Waals surface area contributed by atoms with Crippen molar-refractivity contribution >= 4 is 6.29 Å². The van der Waals surface area contributed by atoms with Gasteiger partial charge in [-0.2, -0.15) is 0 Å². The molecule has 1 nitrogen and oxygen atoms in total. The van der Waals surface area contributed by atoms with E-state index in [1.165, 1.54) is 12.0 Å². The average Bonchev–Trinajstić information content (AvgIpc) is 2.91. The summed E-state index contributed by atoms with van der Waals surface area (Å²) < 4.78 is 0. The second-order valence-corrected chi connectivity index (χ2v) is 5.03. The highest BCUT2D eigenvalue weighted by Crippen LogP contribution is 2.60. The molecule has 0 aromatic heterocycles. The van der Waals surface area contributed by atoms with Gasteiger partial charge in [-0.25, -0.2) is 0 Å². The first-order valence-electron chi connectivity index (χ1n) is 5.66. The summed E-state index contributed by atoms with van der Waals surface area (Å²) in [6.45, 7) is 4.50. The number of carbonyl (C=O) groups is 1. The number of hydrogen-bond donors (Lipinski definition) is 0. The number of carbonyl (C=O) groups excluding carboxylic acids is 1. The third-order valence-electron chi connectivity index (χ3n) is 3.90. The molecule has 1 aromatic rings. The lowest BCUT2D eigenvalue weighted by atomic mass is 9.90. The molecule has 3 atom stereocenters. The monoisotopic (exact) mass is 202 g/mol. The van der Waals surface area contributed by atoms with Crippen molar-refractivity contribution in [2.45, 2.75) is 32.6 Å². The molecule has 1 heteroatoms. The van der Waals surface area contributed by atoms with Crippen molar-refractivity contribution in [3.63, 3.8) is 0 Å². The topological polar surface area (TPSA) is 17.1 Å². The SMILES string of the molecule is CC(c1ccccc1)C1CC1(C)CC=O. The molecule has 1 aliphatic rings. The van der Waals surface area contributed by atoms with Crippen LogP contribution in [0.4, 0.5) is 0 Å². The van der Waals surface area contributed by atoms with Gasteiger partial charge in [0.1, 0.15) is 6.29 Å². The molecule has 1 aliphatic carbocycles. The Kier molecular flexibility index (Phi) is 2.64. The average molecular weight is 202 g/mol. The van der Waals surface area contributed by atoms with Crippen LogP contribution in [0.3, 0.4) is 0 Å². The smallest absolute Gasteiger partial charge is 0.120 e. The van der Waals surface area contributed by atoms with E-state index in [0.717, 1.165) is 12.7 Å². The first-order valence-corrected chi connectivity index (χ1v) is 5.66. The van der Waals surface area contributed by atoms with Crippen LogP contribution in [0.25, 0.3) is 0 Å². The van der Waals surface area contributed by atoms with Gasteiger partial charge in [-0.05, 0) is 29.2 Å². The zero-order chi connectivity index (χ0) is 10.9. The standard InChI is InChI=1S/C14H18O/c1-11(12-6-4-3-5-7-12)13-10-14(13,2)8-9-15/h3-7,9,11,13H,8,10H2,1-2H3. The third-order valence-corrected chi connectivity index (χ3v) is 3.90. The van der Waals surface area contributed by atoms with Gasteiger partial charge in [0.15, 0.2) is 0 Å². The number of rotatable bonds is 4. The Hall–Kier alpha value is -1.11. The maximum Gasteiger partial charge on any atom is 0.120 e.